The number of nitrogens with one attached hydrogen (secondary N) is 1. The lowest BCUT2D eigenvalue weighted by atomic mass is 10.0. The van der Waals surface area contributed by atoms with Gasteiger partial charge in [0.2, 0.25) is 0 Å². The highest BCUT2D eigenvalue weighted by atomic mass is 32.2. The van der Waals surface area contributed by atoms with E-state index in [0.29, 0.717) is 11.5 Å². The molecular weight excluding hydrogens is 350 g/mol. The van der Waals surface area contributed by atoms with Gasteiger partial charge in [-0.25, -0.2) is 0 Å². The van der Waals surface area contributed by atoms with Gasteiger partial charge >= 0.3 is 5.97 Å². The Morgan fingerprint density at radius 2 is 1.85 bits per heavy atom. The molecule has 0 aromatic heterocycles. The lowest BCUT2D eigenvalue weighted by molar-refractivity contribution is -0.137. The molecule has 2 atom stereocenters. The Balaban J connectivity index is 2.22. The highest BCUT2D eigenvalue weighted by molar-refractivity contribution is 7.90. The number of carboxylic acid groups (broad SMARTS) is 1. The van der Waals surface area contributed by atoms with E-state index in [1.54, 1.807) is 12.1 Å². The van der Waals surface area contributed by atoms with Crippen molar-refractivity contribution in [3.8, 4) is 11.5 Å². The van der Waals surface area contributed by atoms with Crippen LogP contribution in [0.5, 0.6) is 11.5 Å². The third-order valence-corrected chi connectivity index (χ3v) is 5.31. The number of rotatable bonds is 7. The molecule has 26 heavy (non-hydrogen) atoms. The number of hydrogen-bond donors (Lipinski definition) is 2. The van der Waals surface area contributed by atoms with Gasteiger partial charge in [0, 0.05) is 11.4 Å². The van der Waals surface area contributed by atoms with E-state index in [4.69, 9.17) is 4.74 Å². The second-order valence-corrected chi connectivity index (χ2v) is 9.13. The number of carboxylic acids is 1. The van der Waals surface area contributed by atoms with Gasteiger partial charge < -0.3 is 14.4 Å². The molecule has 1 unspecified atom stereocenters. The minimum atomic E-state index is -1.39. The molecule has 2 aromatic rings. The van der Waals surface area contributed by atoms with Crippen LogP contribution in [0.3, 0.4) is 0 Å². The van der Waals surface area contributed by atoms with Gasteiger partial charge in [0.15, 0.2) is 0 Å². The number of hydrogen-bond acceptors (Lipinski definition) is 4. The maximum atomic E-state index is 12.4. The zero-order chi connectivity index (χ0) is 19.3. The molecular formula is C20H25NO4S. The van der Waals surface area contributed by atoms with Gasteiger partial charge in [-0.2, -0.15) is 0 Å². The number of ether oxygens (including phenoxy) is 1. The van der Waals surface area contributed by atoms with Gasteiger partial charge in [-0.15, -0.1) is 4.72 Å². The van der Waals surface area contributed by atoms with Crippen molar-refractivity contribution < 1.29 is 19.2 Å². The Hall–Kier alpha value is -2.02. The van der Waals surface area contributed by atoms with Crippen molar-refractivity contribution in [3.63, 3.8) is 0 Å². The van der Waals surface area contributed by atoms with E-state index in [-0.39, 0.29) is 6.42 Å². The van der Waals surface area contributed by atoms with Crippen LogP contribution in [0.25, 0.3) is 0 Å². The van der Waals surface area contributed by atoms with E-state index < -0.39 is 28.1 Å². The molecule has 2 rings (SSSR count). The monoisotopic (exact) mass is 375 g/mol. The van der Waals surface area contributed by atoms with Crippen LogP contribution in [0.15, 0.2) is 48.5 Å². The van der Waals surface area contributed by atoms with Crippen molar-refractivity contribution in [2.24, 2.45) is 0 Å². The minimum absolute atomic E-state index is 0.171. The van der Waals surface area contributed by atoms with Crippen molar-refractivity contribution in [1.82, 2.24) is 4.72 Å². The lowest BCUT2D eigenvalue weighted by Crippen LogP contribution is -2.41. The summed E-state index contributed by atoms with van der Waals surface area (Å²) in [6.07, 6.45) is -0.171. The van der Waals surface area contributed by atoms with E-state index in [1.165, 1.54) is 0 Å². The number of aryl methyl sites for hydroxylation is 1. The summed E-state index contributed by atoms with van der Waals surface area (Å²) >= 11 is -1.39. The van der Waals surface area contributed by atoms with Crippen molar-refractivity contribution in [2.45, 2.75) is 44.9 Å². The molecule has 2 N–H and O–H groups in total. The fourth-order valence-electron chi connectivity index (χ4n) is 2.25. The molecule has 6 heteroatoms. The summed E-state index contributed by atoms with van der Waals surface area (Å²) in [5.74, 6) is 0.345. The second-order valence-electron chi connectivity index (χ2n) is 7.14. The third kappa shape index (κ3) is 6.05. The third-order valence-electron chi connectivity index (χ3n) is 3.70. The quantitative estimate of drug-likeness (QED) is 0.703. The highest BCUT2D eigenvalue weighted by Crippen LogP contribution is 2.28. The molecule has 0 amide bonds. The number of benzene rings is 2. The van der Waals surface area contributed by atoms with Gasteiger partial charge in [-0.05, 0) is 57.5 Å². The average molecular weight is 375 g/mol. The Bertz CT molecular complexity index is 740. The van der Waals surface area contributed by atoms with E-state index in [1.807, 2.05) is 64.1 Å². The predicted octanol–water partition coefficient (Wildman–Crippen LogP) is 4.35. The molecule has 0 radical (unpaired) electrons. The van der Waals surface area contributed by atoms with Crippen LogP contribution in [-0.2, 0) is 16.2 Å². The van der Waals surface area contributed by atoms with E-state index >= 15 is 0 Å². The fourth-order valence-corrected chi connectivity index (χ4v) is 3.08. The maximum absolute atomic E-state index is 12.4. The molecule has 5 nitrogen and oxygen atoms in total. The first-order valence-corrected chi connectivity index (χ1v) is 9.54. The summed E-state index contributed by atoms with van der Waals surface area (Å²) in [5.41, 5.74) is 1.86. The summed E-state index contributed by atoms with van der Waals surface area (Å²) in [5, 5.41) is 9.22. The largest absolute Gasteiger partial charge is 0.598 e. The first-order chi connectivity index (χ1) is 12.1. The van der Waals surface area contributed by atoms with Crippen LogP contribution in [-0.4, -0.2) is 20.4 Å². The Kier molecular flexibility index (Phi) is 6.69. The summed E-state index contributed by atoms with van der Waals surface area (Å²) in [4.78, 5) is 11.3. The molecule has 0 aliphatic carbocycles. The van der Waals surface area contributed by atoms with Crippen molar-refractivity contribution in [1.29, 1.82) is 0 Å². The lowest BCUT2D eigenvalue weighted by Gasteiger charge is -2.27. The van der Waals surface area contributed by atoms with Crippen molar-refractivity contribution >= 4 is 17.3 Å². The van der Waals surface area contributed by atoms with Crippen molar-refractivity contribution in [2.75, 3.05) is 0 Å². The molecule has 0 spiro atoms. The molecule has 0 saturated carbocycles. The molecule has 0 aliphatic rings. The van der Waals surface area contributed by atoms with Crippen LogP contribution in [0.1, 0.15) is 44.4 Å². The zero-order valence-electron chi connectivity index (χ0n) is 15.5. The summed E-state index contributed by atoms with van der Waals surface area (Å²) in [6, 6.07) is 14.3. The molecule has 140 valence electrons. The smallest absolute Gasteiger partial charge is 0.305 e. The summed E-state index contributed by atoms with van der Waals surface area (Å²) in [7, 11) is 0. The van der Waals surface area contributed by atoms with Crippen LogP contribution in [0, 0.1) is 6.92 Å². The Morgan fingerprint density at radius 3 is 2.42 bits per heavy atom. The normalized spacial score (nSPS) is 13.9. The van der Waals surface area contributed by atoms with Crippen LogP contribution >= 0.6 is 0 Å². The Labute approximate surface area is 157 Å². The maximum Gasteiger partial charge on any atom is 0.305 e. The highest BCUT2D eigenvalue weighted by Gasteiger charge is 2.31. The fraction of sp³-hybridized carbons (Fsp3) is 0.350. The second kappa shape index (κ2) is 8.58. The molecule has 0 heterocycles. The van der Waals surface area contributed by atoms with Crippen LogP contribution in [0.4, 0.5) is 0 Å². The predicted molar refractivity (Wildman–Crippen MR) is 104 cm³/mol. The standard InChI is InChI=1S/C20H25NO4S/c1-14-8-10-16(11-9-14)25-17-7-5-6-15(12-17)18(13-19(22)23)21-26(24)20(2,3)4/h5-12,18,21H,13H2,1-4H3,(H,22,23)/t18?,26-/m1/s1. The molecule has 0 saturated heterocycles. The molecule has 0 bridgehead atoms. The van der Waals surface area contributed by atoms with Gasteiger partial charge in [0.05, 0.1) is 12.5 Å². The Morgan fingerprint density at radius 1 is 1.19 bits per heavy atom. The van der Waals surface area contributed by atoms with Gasteiger partial charge in [0.25, 0.3) is 0 Å². The van der Waals surface area contributed by atoms with E-state index in [2.05, 4.69) is 4.72 Å². The van der Waals surface area contributed by atoms with E-state index in [9.17, 15) is 14.5 Å². The molecule has 2 aromatic carbocycles. The van der Waals surface area contributed by atoms with Crippen LogP contribution in [0.2, 0.25) is 0 Å². The topological polar surface area (TPSA) is 81.6 Å². The molecule has 0 aliphatic heterocycles. The summed E-state index contributed by atoms with van der Waals surface area (Å²) in [6.45, 7) is 7.52. The van der Waals surface area contributed by atoms with E-state index in [0.717, 1.165) is 11.1 Å². The van der Waals surface area contributed by atoms with Crippen molar-refractivity contribution in [3.05, 3.63) is 59.7 Å². The number of aliphatic carboxylic acids is 1. The zero-order valence-corrected chi connectivity index (χ0v) is 16.3. The average Bonchev–Trinajstić information content (AvgIpc) is 2.55. The minimum Gasteiger partial charge on any atom is -0.598 e. The first kappa shape index (κ1) is 20.3. The van der Waals surface area contributed by atoms with Gasteiger partial charge in [0.1, 0.15) is 16.2 Å². The van der Waals surface area contributed by atoms with Gasteiger partial charge in [-0.3, -0.25) is 4.79 Å². The molecule has 0 fully saturated rings. The van der Waals surface area contributed by atoms with Gasteiger partial charge in [-0.1, -0.05) is 29.8 Å². The first-order valence-electron chi connectivity index (χ1n) is 8.39. The summed E-state index contributed by atoms with van der Waals surface area (Å²) < 4.78 is 20.7. The van der Waals surface area contributed by atoms with Crippen LogP contribution < -0.4 is 9.46 Å². The SMILES string of the molecule is Cc1ccc(Oc2cccc(C(CC(=O)O)N[S@+]([O-])C(C)(C)C)c2)cc1. The number of carbonyl (C=O) groups is 1.